The number of nitrogens with one attached hydrogen (secondary N) is 2. The maximum absolute atomic E-state index is 12.6. The number of carbonyl (C=O) groups is 1. The molecule has 0 aromatic heterocycles. The largest absolute Gasteiger partial charge is 0.346 e. The number of amides is 1. The Kier molecular flexibility index (Phi) is 4.56. The molecule has 20 heavy (non-hydrogen) atoms. The first-order valence-corrected chi connectivity index (χ1v) is 8.32. The van der Waals surface area contributed by atoms with Crippen LogP contribution in [0.5, 0.6) is 0 Å². The van der Waals surface area contributed by atoms with Gasteiger partial charge in [0.2, 0.25) is 5.91 Å². The molecule has 2 rings (SSSR count). The topological polar surface area (TPSA) is 56.2 Å². The molecule has 1 fully saturated rings. The van der Waals surface area contributed by atoms with Crippen molar-refractivity contribution in [2.45, 2.75) is 42.6 Å². The van der Waals surface area contributed by atoms with Crippen LogP contribution >= 0.6 is 22.6 Å². The third kappa shape index (κ3) is 2.64. The lowest BCUT2D eigenvalue weighted by Gasteiger charge is -2.46. The second-order valence-corrected chi connectivity index (χ2v) is 7.29. The Morgan fingerprint density at radius 1 is 1.60 bits per heavy atom. The zero-order valence-electron chi connectivity index (χ0n) is 12.2. The molecule has 0 spiro atoms. The molecule has 2 N–H and O–H groups in total. The van der Waals surface area contributed by atoms with E-state index >= 15 is 0 Å². The van der Waals surface area contributed by atoms with Crippen molar-refractivity contribution >= 4 is 34.5 Å². The average Bonchev–Trinajstić information content (AvgIpc) is 2.41. The van der Waals surface area contributed by atoms with Crippen molar-refractivity contribution in [2.75, 3.05) is 7.05 Å². The fourth-order valence-corrected chi connectivity index (χ4v) is 3.65. The first kappa shape index (κ1) is 15.5. The molecule has 5 heteroatoms. The maximum atomic E-state index is 12.6. The van der Waals surface area contributed by atoms with E-state index in [1.165, 1.54) is 4.90 Å². The second-order valence-electron chi connectivity index (χ2n) is 5.69. The van der Waals surface area contributed by atoms with Crippen molar-refractivity contribution in [2.24, 2.45) is 5.92 Å². The van der Waals surface area contributed by atoms with Crippen molar-refractivity contribution in [1.82, 2.24) is 10.2 Å². The summed E-state index contributed by atoms with van der Waals surface area (Å²) in [5.41, 5.74) is 0.657. The van der Waals surface area contributed by atoms with Gasteiger partial charge >= 0.3 is 0 Å². The molecule has 110 valence electrons. The number of allylic oxidation sites excluding steroid dienone is 2. The molecule has 0 aromatic carbocycles. The van der Waals surface area contributed by atoms with Crippen molar-refractivity contribution in [3.05, 3.63) is 23.8 Å². The van der Waals surface area contributed by atoms with Crippen LogP contribution in [0.4, 0.5) is 0 Å². The molecule has 1 aliphatic carbocycles. The minimum absolute atomic E-state index is 0.0444. The van der Waals surface area contributed by atoms with E-state index < -0.39 is 5.54 Å². The molecular formula is C15H22IN3O. The molecule has 0 saturated carbocycles. The van der Waals surface area contributed by atoms with Gasteiger partial charge in [-0.3, -0.25) is 15.1 Å². The monoisotopic (exact) mass is 387 g/mol. The lowest BCUT2D eigenvalue weighted by Crippen LogP contribution is -2.66. The minimum Gasteiger partial charge on any atom is -0.346 e. The summed E-state index contributed by atoms with van der Waals surface area (Å²) >= 11 is 2.41. The molecule has 0 radical (unpaired) electrons. The highest BCUT2D eigenvalue weighted by atomic mass is 127. The van der Waals surface area contributed by atoms with Gasteiger partial charge in [0.15, 0.2) is 5.96 Å². The molecule has 1 heterocycles. The summed E-state index contributed by atoms with van der Waals surface area (Å²) in [6.07, 6.45) is 9.31. The molecule has 1 amide bonds. The van der Waals surface area contributed by atoms with E-state index in [0.29, 0.717) is 3.92 Å². The van der Waals surface area contributed by atoms with E-state index in [9.17, 15) is 4.79 Å². The molecule has 2 aliphatic rings. The lowest BCUT2D eigenvalue weighted by atomic mass is 9.73. The Morgan fingerprint density at radius 2 is 2.30 bits per heavy atom. The third-order valence-corrected chi connectivity index (χ3v) is 5.10. The summed E-state index contributed by atoms with van der Waals surface area (Å²) in [6.45, 7) is 4.15. The van der Waals surface area contributed by atoms with Crippen LogP contribution in [0.2, 0.25) is 0 Å². The summed E-state index contributed by atoms with van der Waals surface area (Å²) in [5.74, 6) is 0.113. The number of hydrogen-bond donors (Lipinski definition) is 2. The summed E-state index contributed by atoms with van der Waals surface area (Å²) < 4.78 is 0.456. The molecule has 0 bridgehead atoms. The van der Waals surface area contributed by atoms with E-state index in [1.54, 1.807) is 7.05 Å². The molecule has 1 aliphatic heterocycles. The van der Waals surface area contributed by atoms with Gasteiger partial charge in [-0.1, -0.05) is 54.2 Å². The van der Waals surface area contributed by atoms with Crippen molar-refractivity contribution in [1.29, 1.82) is 5.41 Å². The summed E-state index contributed by atoms with van der Waals surface area (Å²) in [6, 6.07) is 0. The molecule has 3 atom stereocenters. The van der Waals surface area contributed by atoms with Crippen molar-refractivity contribution in [3.63, 3.8) is 0 Å². The van der Waals surface area contributed by atoms with Crippen LogP contribution in [0.1, 0.15) is 33.1 Å². The maximum Gasteiger partial charge on any atom is 0.234 e. The van der Waals surface area contributed by atoms with Crippen LogP contribution in [0, 0.1) is 11.3 Å². The number of rotatable bonds is 3. The Bertz CT molecular complexity index is 486. The van der Waals surface area contributed by atoms with E-state index in [0.717, 1.165) is 24.8 Å². The number of nitrogens with zero attached hydrogens (tertiary/aromatic N) is 1. The number of guanidine groups is 1. The van der Waals surface area contributed by atoms with Gasteiger partial charge in [-0.05, 0) is 25.3 Å². The zero-order valence-corrected chi connectivity index (χ0v) is 14.4. The van der Waals surface area contributed by atoms with Crippen LogP contribution < -0.4 is 5.32 Å². The van der Waals surface area contributed by atoms with Crippen molar-refractivity contribution in [3.8, 4) is 0 Å². The standard InChI is InChI=1S/C15H22IN3O/c1-4-6-12-13(20)19(3)14(17)18-15(12,2)10-7-5-8-11(16)9-10/h5,7,9,11-12H,4,6,8H2,1-3H3,(H2,17,18)/t11?,12-,15-/m1/s1. The predicted octanol–water partition coefficient (Wildman–Crippen LogP) is 2.85. The third-order valence-electron chi connectivity index (χ3n) is 4.24. The van der Waals surface area contributed by atoms with Crippen LogP contribution in [0.3, 0.4) is 0 Å². The van der Waals surface area contributed by atoms with E-state index in [4.69, 9.17) is 5.41 Å². The molecule has 0 aromatic rings. The Balaban J connectivity index is 2.41. The van der Waals surface area contributed by atoms with Gasteiger partial charge in [0.05, 0.1) is 11.5 Å². The Hall–Kier alpha value is -0.850. The lowest BCUT2D eigenvalue weighted by molar-refractivity contribution is -0.134. The van der Waals surface area contributed by atoms with Gasteiger partial charge in [-0.2, -0.15) is 0 Å². The highest BCUT2D eigenvalue weighted by Gasteiger charge is 2.47. The summed E-state index contributed by atoms with van der Waals surface area (Å²) in [5, 5.41) is 11.3. The first-order chi connectivity index (χ1) is 9.40. The second kappa shape index (κ2) is 5.87. The van der Waals surface area contributed by atoms with Crippen LogP contribution in [-0.4, -0.2) is 33.3 Å². The molecule has 1 saturated heterocycles. The number of carbonyl (C=O) groups excluding carboxylic acids is 1. The van der Waals surface area contributed by atoms with E-state index in [2.05, 4.69) is 60.0 Å². The quantitative estimate of drug-likeness (QED) is 0.578. The molecular weight excluding hydrogens is 365 g/mol. The average molecular weight is 387 g/mol. The summed E-state index contributed by atoms with van der Waals surface area (Å²) in [7, 11) is 1.67. The Morgan fingerprint density at radius 3 is 2.90 bits per heavy atom. The fourth-order valence-electron chi connectivity index (χ4n) is 2.97. The fraction of sp³-hybridized carbons (Fsp3) is 0.600. The van der Waals surface area contributed by atoms with Gasteiger partial charge in [-0.15, -0.1) is 0 Å². The predicted molar refractivity (Wildman–Crippen MR) is 90.1 cm³/mol. The minimum atomic E-state index is -0.475. The number of hydrogen-bond acceptors (Lipinski definition) is 2. The highest BCUT2D eigenvalue weighted by Crippen LogP contribution is 2.37. The highest BCUT2D eigenvalue weighted by molar-refractivity contribution is 14.1. The van der Waals surface area contributed by atoms with Gasteiger partial charge in [0, 0.05) is 11.0 Å². The number of alkyl halides is 1. The zero-order chi connectivity index (χ0) is 14.9. The Labute approximate surface area is 134 Å². The normalized spacial score (nSPS) is 34.0. The van der Waals surface area contributed by atoms with Gasteiger partial charge in [0.1, 0.15) is 0 Å². The molecule has 1 unspecified atom stereocenters. The van der Waals surface area contributed by atoms with Gasteiger partial charge in [0.25, 0.3) is 0 Å². The smallest absolute Gasteiger partial charge is 0.234 e. The molecule has 4 nitrogen and oxygen atoms in total. The first-order valence-electron chi connectivity index (χ1n) is 7.07. The van der Waals surface area contributed by atoms with Crippen LogP contribution in [0.15, 0.2) is 23.8 Å². The van der Waals surface area contributed by atoms with Crippen molar-refractivity contribution < 1.29 is 4.79 Å². The SMILES string of the molecule is CCC[C@@H]1C(=O)N(C)C(=N)N[C@]1(C)C1=CC(I)CC=C1. The van der Waals surface area contributed by atoms with Gasteiger partial charge < -0.3 is 5.32 Å². The van der Waals surface area contributed by atoms with E-state index in [1.807, 2.05) is 0 Å². The van der Waals surface area contributed by atoms with Gasteiger partial charge in [-0.25, -0.2) is 0 Å². The number of halogens is 1. The van der Waals surface area contributed by atoms with E-state index in [-0.39, 0.29) is 17.8 Å². The summed E-state index contributed by atoms with van der Waals surface area (Å²) in [4.78, 5) is 14.0. The van der Waals surface area contributed by atoms with Crippen LogP contribution in [-0.2, 0) is 4.79 Å². The van der Waals surface area contributed by atoms with Crippen LogP contribution in [0.25, 0.3) is 0 Å².